The topological polar surface area (TPSA) is 70.4 Å². The lowest BCUT2D eigenvalue weighted by atomic mass is 9.81. The smallest absolute Gasteiger partial charge is 0.227 e. The largest absolute Gasteiger partial charge is 0.354 e. The number of piperazine rings is 1. The molecular formula is C13H30Cl2N4O. The van der Waals surface area contributed by atoms with Crippen LogP contribution in [0, 0.1) is 5.41 Å². The standard InChI is InChI=1S/C13H28N4O.2ClH/c1-3-13(4-2,11-14)12(18)16-7-10-17-8-5-15-6-9-17;;/h15H,3-11,14H2,1-2H3,(H,16,18);2*1H. The summed E-state index contributed by atoms with van der Waals surface area (Å²) < 4.78 is 0. The molecule has 1 saturated heterocycles. The second-order valence-corrected chi connectivity index (χ2v) is 5.04. The first-order valence-electron chi connectivity index (χ1n) is 7.10. The van der Waals surface area contributed by atoms with E-state index in [1.54, 1.807) is 0 Å². The Hall–Kier alpha value is -0.0700. The fraction of sp³-hybridized carbons (Fsp3) is 0.923. The predicted octanol–water partition coefficient (Wildman–Crippen LogP) is 0.617. The Balaban J connectivity index is 0. The number of hydrogen-bond donors (Lipinski definition) is 3. The van der Waals surface area contributed by atoms with Crippen LogP contribution in [0.4, 0.5) is 0 Å². The number of nitrogens with zero attached hydrogens (tertiary/aromatic N) is 1. The number of halogens is 2. The minimum absolute atomic E-state index is 0. The van der Waals surface area contributed by atoms with Gasteiger partial charge in [0.25, 0.3) is 0 Å². The molecule has 0 aliphatic carbocycles. The first-order valence-corrected chi connectivity index (χ1v) is 7.10. The molecule has 7 heteroatoms. The van der Waals surface area contributed by atoms with Crippen molar-refractivity contribution in [3.05, 3.63) is 0 Å². The van der Waals surface area contributed by atoms with Gasteiger partial charge in [0.1, 0.15) is 0 Å². The number of hydrogen-bond acceptors (Lipinski definition) is 4. The summed E-state index contributed by atoms with van der Waals surface area (Å²) in [6.45, 7) is 10.4. The van der Waals surface area contributed by atoms with Gasteiger partial charge in [0.2, 0.25) is 5.91 Å². The molecule has 0 spiro atoms. The van der Waals surface area contributed by atoms with Crippen LogP contribution in [0.5, 0.6) is 0 Å². The van der Waals surface area contributed by atoms with Gasteiger partial charge < -0.3 is 16.4 Å². The van der Waals surface area contributed by atoms with Gasteiger partial charge in [-0.25, -0.2) is 0 Å². The molecule has 1 amide bonds. The molecule has 0 aromatic heterocycles. The molecule has 0 unspecified atom stereocenters. The molecule has 0 bridgehead atoms. The fourth-order valence-corrected chi connectivity index (χ4v) is 2.40. The molecule has 0 saturated carbocycles. The van der Waals surface area contributed by atoms with Crippen molar-refractivity contribution < 1.29 is 4.79 Å². The van der Waals surface area contributed by atoms with Crippen molar-refractivity contribution in [1.82, 2.24) is 15.5 Å². The van der Waals surface area contributed by atoms with E-state index in [9.17, 15) is 4.79 Å². The summed E-state index contributed by atoms with van der Waals surface area (Å²) in [5.74, 6) is 0.116. The van der Waals surface area contributed by atoms with E-state index in [1.165, 1.54) is 0 Å². The molecule has 20 heavy (non-hydrogen) atoms. The Morgan fingerprint density at radius 2 is 1.80 bits per heavy atom. The molecule has 1 rings (SSSR count). The van der Waals surface area contributed by atoms with Crippen molar-refractivity contribution in [2.75, 3.05) is 45.8 Å². The van der Waals surface area contributed by atoms with E-state index >= 15 is 0 Å². The number of carbonyl (C=O) groups is 1. The Labute approximate surface area is 135 Å². The SMILES string of the molecule is CCC(CC)(CN)C(=O)NCCN1CCNCC1.Cl.Cl. The first kappa shape index (κ1) is 22.2. The quantitative estimate of drug-likeness (QED) is 0.640. The molecule has 1 heterocycles. The second-order valence-electron chi connectivity index (χ2n) is 5.04. The minimum Gasteiger partial charge on any atom is -0.354 e. The van der Waals surface area contributed by atoms with Crippen molar-refractivity contribution in [1.29, 1.82) is 0 Å². The molecule has 5 nitrogen and oxygen atoms in total. The summed E-state index contributed by atoms with van der Waals surface area (Å²) in [6, 6.07) is 0. The Morgan fingerprint density at radius 1 is 1.25 bits per heavy atom. The molecule has 0 atom stereocenters. The lowest BCUT2D eigenvalue weighted by molar-refractivity contribution is -0.131. The van der Waals surface area contributed by atoms with Gasteiger partial charge in [0, 0.05) is 45.8 Å². The Bertz CT molecular complexity index is 248. The maximum absolute atomic E-state index is 12.2. The zero-order chi connectivity index (χ0) is 13.4. The van der Waals surface area contributed by atoms with E-state index in [0.717, 1.165) is 52.1 Å². The van der Waals surface area contributed by atoms with Crippen LogP contribution in [-0.2, 0) is 4.79 Å². The highest BCUT2D eigenvalue weighted by atomic mass is 35.5. The van der Waals surface area contributed by atoms with Crippen LogP contribution in [-0.4, -0.2) is 56.6 Å². The monoisotopic (exact) mass is 328 g/mol. The van der Waals surface area contributed by atoms with Gasteiger partial charge in [0.15, 0.2) is 0 Å². The average molecular weight is 329 g/mol. The third-order valence-electron chi connectivity index (χ3n) is 4.15. The zero-order valence-corrected chi connectivity index (χ0v) is 14.2. The van der Waals surface area contributed by atoms with E-state index in [1.807, 2.05) is 13.8 Å². The van der Waals surface area contributed by atoms with Crippen LogP contribution in [0.15, 0.2) is 0 Å². The van der Waals surface area contributed by atoms with Gasteiger partial charge in [-0.2, -0.15) is 0 Å². The summed E-state index contributed by atoms with van der Waals surface area (Å²) in [5, 5.41) is 6.36. The molecule has 0 aromatic rings. The van der Waals surface area contributed by atoms with Gasteiger partial charge >= 0.3 is 0 Å². The summed E-state index contributed by atoms with van der Waals surface area (Å²) >= 11 is 0. The number of carbonyl (C=O) groups excluding carboxylic acids is 1. The van der Waals surface area contributed by atoms with Crippen LogP contribution in [0.25, 0.3) is 0 Å². The number of amides is 1. The molecule has 1 fully saturated rings. The third-order valence-corrected chi connectivity index (χ3v) is 4.15. The maximum atomic E-state index is 12.2. The lowest BCUT2D eigenvalue weighted by Crippen LogP contribution is -2.49. The Morgan fingerprint density at radius 3 is 2.25 bits per heavy atom. The zero-order valence-electron chi connectivity index (χ0n) is 12.6. The highest BCUT2D eigenvalue weighted by Crippen LogP contribution is 2.24. The van der Waals surface area contributed by atoms with Crippen LogP contribution >= 0.6 is 24.8 Å². The number of nitrogens with one attached hydrogen (secondary N) is 2. The van der Waals surface area contributed by atoms with Crippen molar-refractivity contribution >= 4 is 30.7 Å². The molecule has 4 N–H and O–H groups in total. The molecular weight excluding hydrogens is 299 g/mol. The van der Waals surface area contributed by atoms with E-state index in [0.29, 0.717) is 6.54 Å². The van der Waals surface area contributed by atoms with Crippen molar-refractivity contribution in [3.8, 4) is 0 Å². The van der Waals surface area contributed by atoms with E-state index in [2.05, 4.69) is 15.5 Å². The van der Waals surface area contributed by atoms with Gasteiger partial charge in [-0.1, -0.05) is 13.8 Å². The molecule has 1 aliphatic rings. The first-order chi connectivity index (χ1) is 8.68. The normalized spacial score (nSPS) is 15.9. The third kappa shape index (κ3) is 6.14. The number of rotatable bonds is 7. The molecule has 122 valence electrons. The van der Waals surface area contributed by atoms with Gasteiger partial charge in [-0.15, -0.1) is 24.8 Å². The van der Waals surface area contributed by atoms with Crippen molar-refractivity contribution in [3.63, 3.8) is 0 Å². The Kier molecular flexibility index (Phi) is 12.9. The van der Waals surface area contributed by atoms with Crippen LogP contribution in [0.2, 0.25) is 0 Å². The van der Waals surface area contributed by atoms with Gasteiger partial charge in [-0.05, 0) is 12.8 Å². The van der Waals surface area contributed by atoms with Gasteiger partial charge in [-0.3, -0.25) is 9.69 Å². The highest BCUT2D eigenvalue weighted by Gasteiger charge is 2.32. The molecule has 1 aliphatic heterocycles. The second kappa shape index (κ2) is 11.6. The summed E-state index contributed by atoms with van der Waals surface area (Å²) in [6.07, 6.45) is 1.61. The van der Waals surface area contributed by atoms with Crippen LogP contribution < -0.4 is 16.4 Å². The molecule has 0 aromatic carbocycles. The van der Waals surface area contributed by atoms with E-state index < -0.39 is 0 Å². The highest BCUT2D eigenvalue weighted by molar-refractivity contribution is 5.85. The minimum atomic E-state index is -0.372. The summed E-state index contributed by atoms with van der Waals surface area (Å²) in [5.41, 5.74) is 5.39. The average Bonchev–Trinajstić information content (AvgIpc) is 2.42. The van der Waals surface area contributed by atoms with Gasteiger partial charge in [0.05, 0.1) is 5.41 Å². The van der Waals surface area contributed by atoms with Crippen LogP contribution in [0.1, 0.15) is 26.7 Å². The van der Waals surface area contributed by atoms with Crippen molar-refractivity contribution in [2.24, 2.45) is 11.1 Å². The number of nitrogens with two attached hydrogens (primary N) is 1. The fourth-order valence-electron chi connectivity index (χ4n) is 2.40. The maximum Gasteiger partial charge on any atom is 0.227 e. The van der Waals surface area contributed by atoms with Crippen LogP contribution in [0.3, 0.4) is 0 Å². The summed E-state index contributed by atoms with van der Waals surface area (Å²) in [7, 11) is 0. The molecule has 0 radical (unpaired) electrons. The van der Waals surface area contributed by atoms with E-state index in [-0.39, 0.29) is 36.1 Å². The van der Waals surface area contributed by atoms with Crippen molar-refractivity contribution in [2.45, 2.75) is 26.7 Å². The predicted molar refractivity (Wildman–Crippen MR) is 88.9 cm³/mol. The van der Waals surface area contributed by atoms with E-state index in [4.69, 9.17) is 5.73 Å². The summed E-state index contributed by atoms with van der Waals surface area (Å²) in [4.78, 5) is 14.6. The lowest BCUT2D eigenvalue weighted by Gasteiger charge is -2.30.